The highest BCUT2D eigenvalue weighted by molar-refractivity contribution is 5.72. The first-order valence-electron chi connectivity index (χ1n) is 4.13. The average molecular weight is 254 g/mol. The van der Waals surface area contributed by atoms with Crippen molar-refractivity contribution in [3.05, 3.63) is 24.3 Å². The SMILES string of the molecule is O=[C]Nc1cccc(OC(F)(F)C(F)(F)F)c1. The van der Waals surface area contributed by atoms with Gasteiger partial charge in [0.25, 0.3) is 0 Å². The smallest absolute Gasteiger partial charge is 0.426 e. The van der Waals surface area contributed by atoms with Crippen LogP contribution in [0.25, 0.3) is 0 Å². The first-order valence-corrected chi connectivity index (χ1v) is 4.13. The maximum absolute atomic E-state index is 12.5. The van der Waals surface area contributed by atoms with E-state index in [0.717, 1.165) is 18.2 Å². The van der Waals surface area contributed by atoms with Crippen molar-refractivity contribution in [2.45, 2.75) is 12.3 Å². The fourth-order valence-electron chi connectivity index (χ4n) is 0.902. The summed E-state index contributed by atoms with van der Waals surface area (Å²) in [5.74, 6) is -0.729. The second kappa shape index (κ2) is 4.56. The Hall–Kier alpha value is -1.86. The molecular formula is C9H5F5NO2. The summed E-state index contributed by atoms with van der Waals surface area (Å²) in [6.07, 6.45) is -9.87. The highest BCUT2D eigenvalue weighted by Crippen LogP contribution is 2.37. The van der Waals surface area contributed by atoms with Crippen LogP contribution in [0.4, 0.5) is 27.6 Å². The van der Waals surface area contributed by atoms with Gasteiger partial charge in [-0.2, -0.15) is 22.0 Å². The third-order valence-corrected chi connectivity index (χ3v) is 1.61. The Bertz CT molecular complexity index is 405. The van der Waals surface area contributed by atoms with Crippen LogP contribution in [0.5, 0.6) is 5.75 Å². The summed E-state index contributed by atoms with van der Waals surface area (Å²) in [6.45, 7) is 0. The molecule has 93 valence electrons. The molecule has 0 atom stereocenters. The lowest BCUT2D eigenvalue weighted by atomic mass is 10.3. The third-order valence-electron chi connectivity index (χ3n) is 1.61. The third kappa shape index (κ3) is 3.30. The van der Waals surface area contributed by atoms with E-state index >= 15 is 0 Å². The lowest BCUT2D eigenvalue weighted by molar-refractivity contribution is -0.360. The van der Waals surface area contributed by atoms with Crippen LogP contribution in [0, 0.1) is 0 Å². The largest absolute Gasteiger partial charge is 0.499 e. The number of anilines is 1. The Kier molecular flexibility index (Phi) is 3.54. The topological polar surface area (TPSA) is 38.3 Å². The number of amides is 1. The number of carbonyl (C=O) groups excluding carboxylic acids is 1. The van der Waals surface area contributed by atoms with Crippen molar-refractivity contribution in [2.75, 3.05) is 5.32 Å². The maximum atomic E-state index is 12.5. The molecule has 8 heteroatoms. The highest BCUT2D eigenvalue weighted by Gasteiger charge is 2.61. The molecule has 0 aromatic heterocycles. The summed E-state index contributed by atoms with van der Waals surface area (Å²) < 4.78 is 63.9. The Balaban J connectivity index is 2.88. The normalized spacial score (nSPS) is 12.1. The fourth-order valence-corrected chi connectivity index (χ4v) is 0.902. The number of hydrogen-bond donors (Lipinski definition) is 1. The van der Waals surface area contributed by atoms with E-state index < -0.39 is 18.0 Å². The molecule has 1 aromatic rings. The molecule has 17 heavy (non-hydrogen) atoms. The van der Waals surface area contributed by atoms with Crippen molar-refractivity contribution in [3.63, 3.8) is 0 Å². The predicted octanol–water partition coefficient (Wildman–Crippen LogP) is 2.70. The number of nitrogens with one attached hydrogen (secondary N) is 1. The lowest BCUT2D eigenvalue weighted by Crippen LogP contribution is -2.41. The first kappa shape index (κ1) is 13.2. The van der Waals surface area contributed by atoms with Crippen LogP contribution in [-0.2, 0) is 4.79 Å². The van der Waals surface area contributed by atoms with Crippen molar-refractivity contribution in [1.29, 1.82) is 0 Å². The zero-order chi connectivity index (χ0) is 13.1. The van der Waals surface area contributed by atoms with Crippen LogP contribution < -0.4 is 10.1 Å². The van der Waals surface area contributed by atoms with E-state index in [1.807, 2.05) is 5.32 Å². The lowest BCUT2D eigenvalue weighted by Gasteiger charge is -2.20. The van der Waals surface area contributed by atoms with E-state index in [9.17, 15) is 26.7 Å². The Labute approximate surface area is 92.2 Å². The Morgan fingerprint density at radius 1 is 1.18 bits per heavy atom. The second-order valence-electron chi connectivity index (χ2n) is 2.87. The molecule has 0 bridgehead atoms. The molecule has 1 aromatic carbocycles. The second-order valence-corrected chi connectivity index (χ2v) is 2.87. The molecule has 0 aliphatic rings. The molecule has 0 unspecified atom stereocenters. The van der Waals surface area contributed by atoms with Crippen LogP contribution in [-0.4, -0.2) is 18.7 Å². The number of hydrogen-bond acceptors (Lipinski definition) is 2. The predicted molar refractivity (Wildman–Crippen MR) is 47.4 cm³/mol. The molecular weight excluding hydrogens is 249 g/mol. The van der Waals surface area contributed by atoms with Gasteiger partial charge >= 0.3 is 18.7 Å². The van der Waals surface area contributed by atoms with Gasteiger partial charge in [0, 0.05) is 11.8 Å². The van der Waals surface area contributed by atoms with Crippen LogP contribution in [0.2, 0.25) is 0 Å². The average Bonchev–Trinajstić information content (AvgIpc) is 2.16. The van der Waals surface area contributed by atoms with Gasteiger partial charge in [-0.25, -0.2) is 0 Å². The molecule has 1 N–H and O–H groups in total. The van der Waals surface area contributed by atoms with Gasteiger partial charge in [0.2, 0.25) is 0 Å². The van der Waals surface area contributed by atoms with Crippen LogP contribution in [0.1, 0.15) is 0 Å². The molecule has 0 saturated heterocycles. The van der Waals surface area contributed by atoms with Crippen LogP contribution in [0.3, 0.4) is 0 Å². The van der Waals surface area contributed by atoms with Gasteiger partial charge in [0.05, 0.1) is 0 Å². The Morgan fingerprint density at radius 2 is 1.82 bits per heavy atom. The minimum atomic E-state index is -5.81. The first-order chi connectivity index (χ1) is 7.76. The summed E-state index contributed by atoms with van der Waals surface area (Å²) in [7, 11) is 0. The van der Waals surface area contributed by atoms with Crippen molar-refractivity contribution >= 4 is 12.1 Å². The molecule has 1 amide bonds. The van der Waals surface area contributed by atoms with Gasteiger partial charge in [-0.05, 0) is 12.1 Å². The number of rotatable bonds is 4. The molecule has 1 radical (unpaired) electrons. The van der Waals surface area contributed by atoms with E-state index in [1.54, 1.807) is 0 Å². The number of alkyl halides is 5. The molecule has 3 nitrogen and oxygen atoms in total. The van der Waals surface area contributed by atoms with E-state index in [0.29, 0.717) is 0 Å². The molecule has 0 saturated carbocycles. The summed E-state index contributed by atoms with van der Waals surface area (Å²) in [5, 5.41) is 1.96. The number of halogens is 5. The van der Waals surface area contributed by atoms with E-state index in [2.05, 4.69) is 4.74 Å². The zero-order valence-electron chi connectivity index (χ0n) is 8.02. The number of ether oxygens (including phenoxy) is 1. The van der Waals surface area contributed by atoms with Crippen molar-refractivity contribution in [1.82, 2.24) is 0 Å². The van der Waals surface area contributed by atoms with Crippen molar-refractivity contribution < 1.29 is 31.5 Å². The quantitative estimate of drug-likeness (QED) is 0.662. The molecule has 0 fully saturated rings. The molecule has 0 aliphatic carbocycles. The monoisotopic (exact) mass is 254 g/mol. The Morgan fingerprint density at radius 3 is 2.35 bits per heavy atom. The van der Waals surface area contributed by atoms with E-state index in [1.165, 1.54) is 12.5 Å². The van der Waals surface area contributed by atoms with Gasteiger partial charge in [-0.3, -0.25) is 4.79 Å². The van der Waals surface area contributed by atoms with Crippen molar-refractivity contribution in [2.24, 2.45) is 0 Å². The van der Waals surface area contributed by atoms with Crippen LogP contribution in [0.15, 0.2) is 24.3 Å². The molecule has 0 aliphatic heterocycles. The van der Waals surface area contributed by atoms with E-state index in [-0.39, 0.29) is 5.69 Å². The van der Waals surface area contributed by atoms with Crippen LogP contribution >= 0.6 is 0 Å². The molecule has 1 rings (SSSR count). The zero-order valence-corrected chi connectivity index (χ0v) is 8.02. The summed E-state index contributed by atoms with van der Waals surface area (Å²) >= 11 is 0. The minimum absolute atomic E-state index is 0.0181. The maximum Gasteiger partial charge on any atom is 0.499 e. The summed E-state index contributed by atoms with van der Waals surface area (Å²) in [4.78, 5) is 9.92. The van der Waals surface area contributed by atoms with Gasteiger partial charge in [-0.1, -0.05) is 6.07 Å². The van der Waals surface area contributed by atoms with Gasteiger partial charge < -0.3 is 10.1 Å². The standard InChI is InChI=1S/C9H5F5NO2/c10-8(11,12)9(13,14)17-7-3-1-2-6(4-7)15-5-16/h1-4H,(H,15,16). The molecule has 0 spiro atoms. The fraction of sp³-hybridized carbons (Fsp3) is 0.222. The van der Waals surface area contributed by atoms with Gasteiger partial charge in [0.1, 0.15) is 5.75 Å². The van der Waals surface area contributed by atoms with Gasteiger partial charge in [0.15, 0.2) is 0 Å². The summed E-state index contributed by atoms with van der Waals surface area (Å²) in [6, 6.07) is 4.12. The number of benzene rings is 1. The van der Waals surface area contributed by atoms with Crippen molar-refractivity contribution in [3.8, 4) is 5.75 Å². The minimum Gasteiger partial charge on any atom is -0.426 e. The van der Waals surface area contributed by atoms with E-state index in [4.69, 9.17) is 0 Å². The molecule has 0 heterocycles. The summed E-state index contributed by atoms with van der Waals surface area (Å²) in [5.41, 5.74) is -0.0181. The highest BCUT2D eigenvalue weighted by atomic mass is 19.4. The van der Waals surface area contributed by atoms with Gasteiger partial charge in [-0.15, -0.1) is 0 Å².